The topological polar surface area (TPSA) is 115 Å². The van der Waals surface area contributed by atoms with Crippen LogP contribution in [0.25, 0.3) is 10.9 Å². The molecule has 4 rings (SSSR count). The lowest BCUT2D eigenvalue weighted by Crippen LogP contribution is -2.11. The van der Waals surface area contributed by atoms with E-state index in [2.05, 4.69) is 15.3 Å². The Morgan fingerprint density at radius 3 is 2.80 bits per heavy atom. The van der Waals surface area contributed by atoms with Gasteiger partial charge >= 0.3 is 0 Å². The van der Waals surface area contributed by atoms with Crippen molar-refractivity contribution in [1.29, 1.82) is 0 Å². The van der Waals surface area contributed by atoms with E-state index in [9.17, 15) is 13.2 Å². The van der Waals surface area contributed by atoms with Crippen molar-refractivity contribution in [3.05, 3.63) is 53.9 Å². The van der Waals surface area contributed by atoms with Crippen LogP contribution in [0.2, 0.25) is 0 Å². The molecule has 1 aromatic heterocycles. The van der Waals surface area contributed by atoms with E-state index in [0.717, 1.165) is 5.56 Å². The van der Waals surface area contributed by atoms with Gasteiger partial charge in [-0.1, -0.05) is 6.07 Å². The molecule has 0 aliphatic carbocycles. The minimum absolute atomic E-state index is 0.0902. The van der Waals surface area contributed by atoms with Crippen LogP contribution in [-0.2, 0) is 16.3 Å². The van der Waals surface area contributed by atoms with E-state index in [1.807, 2.05) is 0 Å². The van der Waals surface area contributed by atoms with Crippen molar-refractivity contribution < 1.29 is 13.2 Å². The number of hydrogen-bond donors (Lipinski definition) is 2. The summed E-state index contributed by atoms with van der Waals surface area (Å²) in [6.45, 7) is 0. The zero-order valence-electron chi connectivity index (χ0n) is 13.1. The highest BCUT2D eigenvalue weighted by molar-refractivity contribution is 7.91. The van der Waals surface area contributed by atoms with Gasteiger partial charge in [-0.25, -0.2) is 18.4 Å². The van der Waals surface area contributed by atoms with E-state index < -0.39 is 15.7 Å². The zero-order valence-corrected chi connectivity index (χ0v) is 13.9. The van der Waals surface area contributed by atoms with Crippen LogP contribution >= 0.6 is 0 Å². The molecule has 0 saturated heterocycles. The fourth-order valence-electron chi connectivity index (χ4n) is 3.07. The third-order valence-corrected chi connectivity index (χ3v) is 6.03. The SMILES string of the molecule is NC(=O)c1cccc(Nc2ncnc3ccc4c(c23)CCS4(=O)=O)c1. The number of carbonyl (C=O) groups excluding carboxylic acids is 1. The quantitative estimate of drug-likeness (QED) is 0.741. The van der Waals surface area contributed by atoms with Gasteiger partial charge in [0.15, 0.2) is 9.84 Å². The molecule has 0 saturated carbocycles. The normalized spacial score (nSPS) is 15.0. The van der Waals surface area contributed by atoms with Crippen molar-refractivity contribution >= 4 is 38.2 Å². The Hall–Kier alpha value is -3.00. The average Bonchev–Trinajstić information content (AvgIpc) is 2.90. The molecular formula is C17H14N4O3S. The number of aromatic nitrogens is 2. The van der Waals surface area contributed by atoms with Crippen molar-refractivity contribution in [2.45, 2.75) is 11.3 Å². The van der Waals surface area contributed by atoms with Crippen LogP contribution in [0.15, 0.2) is 47.6 Å². The Labute approximate surface area is 143 Å². The Morgan fingerprint density at radius 1 is 1.16 bits per heavy atom. The lowest BCUT2D eigenvalue weighted by atomic mass is 10.1. The second-order valence-electron chi connectivity index (χ2n) is 5.80. The van der Waals surface area contributed by atoms with E-state index in [1.165, 1.54) is 6.33 Å². The first-order chi connectivity index (χ1) is 12.0. The van der Waals surface area contributed by atoms with Crippen molar-refractivity contribution in [3.63, 3.8) is 0 Å². The van der Waals surface area contributed by atoms with Crippen LogP contribution in [0.4, 0.5) is 11.5 Å². The Morgan fingerprint density at radius 2 is 2.00 bits per heavy atom. The molecule has 8 heteroatoms. The standard InChI is InChI=1S/C17H14N4O3S/c18-16(22)10-2-1-3-11(8-10)21-17-15-12-6-7-25(23,24)14(12)5-4-13(15)19-9-20-17/h1-5,8-9H,6-7H2,(H2,18,22)(H,19,20,21). The van der Waals surface area contributed by atoms with Crippen molar-refractivity contribution in [2.24, 2.45) is 5.73 Å². The minimum Gasteiger partial charge on any atom is -0.366 e. The summed E-state index contributed by atoms with van der Waals surface area (Å²) in [5.74, 6) is 0.0659. The zero-order chi connectivity index (χ0) is 17.6. The first-order valence-corrected chi connectivity index (χ1v) is 9.27. The van der Waals surface area contributed by atoms with E-state index in [0.29, 0.717) is 39.3 Å². The predicted molar refractivity (Wildman–Crippen MR) is 93.5 cm³/mol. The maximum Gasteiger partial charge on any atom is 0.248 e. The number of amides is 1. The number of primary amides is 1. The predicted octanol–water partition coefficient (Wildman–Crippen LogP) is 1.80. The van der Waals surface area contributed by atoms with Gasteiger partial charge in [0.05, 0.1) is 16.2 Å². The largest absolute Gasteiger partial charge is 0.366 e. The molecule has 2 heterocycles. The van der Waals surface area contributed by atoms with Gasteiger partial charge < -0.3 is 11.1 Å². The Balaban J connectivity index is 1.87. The van der Waals surface area contributed by atoms with E-state index in [4.69, 9.17) is 5.73 Å². The summed E-state index contributed by atoms with van der Waals surface area (Å²) in [6.07, 6.45) is 1.84. The molecule has 7 nitrogen and oxygen atoms in total. The van der Waals surface area contributed by atoms with Crippen LogP contribution in [0.1, 0.15) is 15.9 Å². The molecule has 2 aromatic carbocycles. The third kappa shape index (κ3) is 2.60. The molecule has 1 aliphatic rings. The molecule has 3 N–H and O–H groups in total. The number of aryl methyl sites for hydroxylation is 1. The fraction of sp³-hybridized carbons (Fsp3) is 0.118. The minimum atomic E-state index is -3.25. The van der Waals surface area contributed by atoms with Gasteiger partial charge in [-0.2, -0.15) is 0 Å². The maximum atomic E-state index is 12.2. The molecule has 0 fully saturated rings. The highest BCUT2D eigenvalue weighted by Gasteiger charge is 2.29. The summed E-state index contributed by atoms with van der Waals surface area (Å²) in [5, 5.41) is 3.83. The van der Waals surface area contributed by atoms with Gasteiger partial charge in [0.2, 0.25) is 5.91 Å². The first kappa shape index (κ1) is 15.5. The number of carbonyl (C=O) groups is 1. The molecular weight excluding hydrogens is 340 g/mol. The number of hydrogen-bond acceptors (Lipinski definition) is 6. The molecule has 0 unspecified atom stereocenters. The van der Waals surface area contributed by atoms with E-state index >= 15 is 0 Å². The fourth-order valence-corrected chi connectivity index (χ4v) is 4.62. The highest BCUT2D eigenvalue weighted by atomic mass is 32.2. The van der Waals surface area contributed by atoms with E-state index in [1.54, 1.807) is 36.4 Å². The molecule has 0 bridgehead atoms. The second-order valence-corrected chi connectivity index (χ2v) is 7.88. The number of rotatable bonds is 3. The third-order valence-electron chi connectivity index (χ3n) is 4.23. The number of benzene rings is 2. The van der Waals surface area contributed by atoms with Crippen molar-refractivity contribution in [1.82, 2.24) is 9.97 Å². The Kier molecular flexibility index (Phi) is 3.43. The van der Waals surface area contributed by atoms with Crippen molar-refractivity contribution in [3.8, 4) is 0 Å². The van der Waals surface area contributed by atoms with Gasteiger partial charge in [0.25, 0.3) is 0 Å². The summed E-state index contributed by atoms with van der Waals surface area (Å²) in [7, 11) is -3.25. The average molecular weight is 354 g/mol. The van der Waals surface area contributed by atoms with Gasteiger partial charge in [-0.15, -0.1) is 0 Å². The first-order valence-electron chi connectivity index (χ1n) is 7.62. The molecule has 25 heavy (non-hydrogen) atoms. The lowest BCUT2D eigenvalue weighted by molar-refractivity contribution is 0.100. The number of nitrogens with zero attached hydrogens (tertiary/aromatic N) is 2. The number of anilines is 2. The van der Waals surface area contributed by atoms with Crippen LogP contribution in [-0.4, -0.2) is 30.0 Å². The van der Waals surface area contributed by atoms with Gasteiger partial charge in [-0.3, -0.25) is 4.79 Å². The highest BCUT2D eigenvalue weighted by Crippen LogP contribution is 2.35. The van der Waals surface area contributed by atoms with Crippen LogP contribution in [0.3, 0.4) is 0 Å². The van der Waals surface area contributed by atoms with Gasteiger partial charge in [0, 0.05) is 16.6 Å². The van der Waals surface area contributed by atoms with Crippen molar-refractivity contribution in [2.75, 3.05) is 11.1 Å². The van der Waals surface area contributed by atoms with Crippen LogP contribution < -0.4 is 11.1 Å². The molecule has 0 atom stereocenters. The smallest absolute Gasteiger partial charge is 0.248 e. The van der Waals surface area contributed by atoms with Crippen LogP contribution in [0.5, 0.6) is 0 Å². The van der Waals surface area contributed by atoms with Gasteiger partial charge in [-0.05, 0) is 42.3 Å². The molecule has 1 aliphatic heterocycles. The maximum absolute atomic E-state index is 12.2. The lowest BCUT2D eigenvalue weighted by Gasteiger charge is -2.11. The number of nitrogens with one attached hydrogen (secondary N) is 1. The number of nitrogens with two attached hydrogens (primary N) is 1. The molecule has 126 valence electrons. The molecule has 0 radical (unpaired) electrons. The number of fused-ring (bicyclic) bond motifs is 3. The van der Waals surface area contributed by atoms with Gasteiger partial charge in [0.1, 0.15) is 12.1 Å². The second kappa shape index (κ2) is 5.52. The van der Waals surface area contributed by atoms with E-state index in [-0.39, 0.29) is 5.75 Å². The monoisotopic (exact) mass is 354 g/mol. The van der Waals surface area contributed by atoms with Crippen LogP contribution in [0, 0.1) is 0 Å². The summed E-state index contributed by atoms with van der Waals surface area (Å²) in [6, 6.07) is 10.0. The molecule has 1 amide bonds. The molecule has 3 aromatic rings. The summed E-state index contributed by atoms with van der Waals surface area (Å²) in [5.41, 5.74) is 7.71. The Bertz CT molecular complexity index is 1130. The summed E-state index contributed by atoms with van der Waals surface area (Å²) >= 11 is 0. The molecule has 0 spiro atoms. The number of sulfone groups is 1. The summed E-state index contributed by atoms with van der Waals surface area (Å²) in [4.78, 5) is 20.2. The summed E-state index contributed by atoms with van der Waals surface area (Å²) < 4.78 is 24.3.